The topological polar surface area (TPSA) is 105 Å². The minimum atomic E-state index is -0.471. The molecule has 1 aromatic carbocycles. The molecule has 0 bridgehead atoms. The van der Waals surface area contributed by atoms with Crippen molar-refractivity contribution in [2.45, 2.75) is 6.92 Å². The average Bonchev–Trinajstić information content (AvgIpc) is 3.00. The van der Waals surface area contributed by atoms with Crippen molar-refractivity contribution >= 4 is 23.1 Å². The number of aryl methyl sites for hydroxylation is 1. The first-order valence-corrected chi connectivity index (χ1v) is 7.90. The van der Waals surface area contributed by atoms with E-state index in [9.17, 15) is 14.9 Å². The quantitative estimate of drug-likeness (QED) is 0.666. The number of carbonyl (C=O) groups is 1. The number of likely N-dealkylation sites (N-methyl/N-ethyl adjacent to an activating group) is 1. The Labute approximate surface area is 144 Å². The lowest BCUT2D eigenvalue weighted by Crippen LogP contribution is -2.44. The monoisotopic (exact) mass is 345 g/mol. The number of nitrogens with zero attached hydrogens (tertiary/aromatic N) is 4. The zero-order chi connectivity index (χ0) is 18.0. The van der Waals surface area contributed by atoms with Crippen molar-refractivity contribution < 1.29 is 14.2 Å². The van der Waals surface area contributed by atoms with Crippen LogP contribution in [0.25, 0.3) is 0 Å². The number of nitro benzene ring substituents is 1. The molecule has 1 aromatic heterocycles. The van der Waals surface area contributed by atoms with Crippen LogP contribution in [-0.2, 0) is 0 Å². The molecule has 1 aliphatic rings. The van der Waals surface area contributed by atoms with Crippen LogP contribution in [0, 0.1) is 17.0 Å². The zero-order valence-corrected chi connectivity index (χ0v) is 14.1. The number of rotatable bonds is 4. The van der Waals surface area contributed by atoms with Crippen LogP contribution in [0.1, 0.15) is 16.1 Å². The van der Waals surface area contributed by atoms with E-state index >= 15 is 0 Å². The van der Waals surface area contributed by atoms with Crippen LogP contribution in [0.5, 0.6) is 0 Å². The second kappa shape index (κ2) is 6.89. The van der Waals surface area contributed by atoms with Crippen molar-refractivity contribution in [3.8, 4) is 0 Å². The number of aromatic nitrogens is 1. The van der Waals surface area contributed by atoms with E-state index in [-0.39, 0.29) is 17.1 Å². The predicted molar refractivity (Wildman–Crippen MR) is 92.0 cm³/mol. The predicted octanol–water partition coefficient (Wildman–Crippen LogP) is 1.90. The van der Waals surface area contributed by atoms with Gasteiger partial charge in [0, 0.05) is 43.9 Å². The molecule has 25 heavy (non-hydrogen) atoms. The smallest absolute Gasteiger partial charge is 0.293 e. The van der Waals surface area contributed by atoms with Gasteiger partial charge in [-0.3, -0.25) is 14.9 Å². The van der Waals surface area contributed by atoms with Gasteiger partial charge in [0.1, 0.15) is 11.4 Å². The Morgan fingerprint density at radius 1 is 1.28 bits per heavy atom. The molecule has 9 nitrogen and oxygen atoms in total. The molecule has 0 spiro atoms. The van der Waals surface area contributed by atoms with Crippen LogP contribution in [-0.4, -0.2) is 54.1 Å². The number of amides is 1. The largest absolute Gasteiger partial charge is 0.363 e. The molecule has 2 heterocycles. The number of nitrogens with one attached hydrogen (secondary N) is 1. The minimum absolute atomic E-state index is 0.0754. The summed E-state index contributed by atoms with van der Waals surface area (Å²) in [5, 5.41) is 17.7. The zero-order valence-electron chi connectivity index (χ0n) is 14.1. The van der Waals surface area contributed by atoms with Gasteiger partial charge in [-0.2, -0.15) is 0 Å². The first-order chi connectivity index (χ1) is 11.9. The van der Waals surface area contributed by atoms with E-state index in [1.165, 1.54) is 6.07 Å². The van der Waals surface area contributed by atoms with Crippen molar-refractivity contribution in [1.29, 1.82) is 0 Å². The summed E-state index contributed by atoms with van der Waals surface area (Å²) in [6.45, 7) is 4.80. The molecule has 1 fully saturated rings. The third-order valence-corrected chi connectivity index (χ3v) is 4.15. The molecular weight excluding hydrogens is 326 g/mol. The highest BCUT2D eigenvalue weighted by Crippen LogP contribution is 2.30. The maximum atomic E-state index is 12.3. The summed E-state index contributed by atoms with van der Waals surface area (Å²) in [7, 11) is 2.02. The highest BCUT2D eigenvalue weighted by Gasteiger charge is 2.24. The van der Waals surface area contributed by atoms with Gasteiger partial charge >= 0.3 is 0 Å². The molecule has 2 aromatic rings. The summed E-state index contributed by atoms with van der Waals surface area (Å²) in [5.74, 6) is 0.362. The highest BCUT2D eigenvalue weighted by atomic mass is 16.6. The van der Waals surface area contributed by atoms with Crippen LogP contribution >= 0.6 is 0 Å². The van der Waals surface area contributed by atoms with Crippen molar-refractivity contribution in [2.24, 2.45) is 0 Å². The second-order valence-electron chi connectivity index (χ2n) is 6.03. The van der Waals surface area contributed by atoms with Crippen LogP contribution < -0.4 is 10.2 Å². The van der Waals surface area contributed by atoms with Gasteiger partial charge in [0.25, 0.3) is 11.6 Å². The molecule has 1 aliphatic heterocycles. The normalized spacial score (nSPS) is 15.2. The number of anilines is 2. The van der Waals surface area contributed by atoms with Crippen molar-refractivity contribution in [1.82, 2.24) is 10.1 Å². The Morgan fingerprint density at radius 3 is 2.60 bits per heavy atom. The molecule has 0 atom stereocenters. The van der Waals surface area contributed by atoms with Gasteiger partial charge in [-0.25, -0.2) is 0 Å². The molecule has 3 rings (SSSR count). The third-order valence-electron chi connectivity index (χ3n) is 4.15. The van der Waals surface area contributed by atoms with E-state index in [4.69, 9.17) is 4.52 Å². The SMILES string of the molecule is Cc1cc(NC(=O)c2ccc(N3CCN(C)CC3)c([N+](=O)[O-])c2)no1. The van der Waals surface area contributed by atoms with Crippen LogP contribution in [0.15, 0.2) is 28.8 Å². The maximum absolute atomic E-state index is 12.3. The first-order valence-electron chi connectivity index (χ1n) is 7.90. The minimum Gasteiger partial charge on any atom is -0.363 e. The van der Waals surface area contributed by atoms with Crippen LogP contribution in [0.4, 0.5) is 17.2 Å². The van der Waals surface area contributed by atoms with Crippen molar-refractivity contribution in [3.63, 3.8) is 0 Å². The Kier molecular flexibility index (Phi) is 4.66. The van der Waals surface area contributed by atoms with Gasteiger partial charge in [0.2, 0.25) is 0 Å². The highest BCUT2D eigenvalue weighted by molar-refractivity contribution is 6.04. The Morgan fingerprint density at radius 2 is 2.00 bits per heavy atom. The van der Waals surface area contributed by atoms with E-state index in [1.807, 2.05) is 11.9 Å². The summed E-state index contributed by atoms with van der Waals surface area (Å²) in [5.41, 5.74) is 0.658. The fraction of sp³-hybridized carbons (Fsp3) is 0.375. The second-order valence-corrected chi connectivity index (χ2v) is 6.03. The molecular formula is C16H19N5O4. The van der Waals surface area contributed by atoms with Crippen molar-refractivity contribution in [2.75, 3.05) is 43.4 Å². The first kappa shape index (κ1) is 16.9. The summed E-state index contributed by atoms with van der Waals surface area (Å²) in [6, 6.07) is 6.09. The van der Waals surface area contributed by atoms with E-state index < -0.39 is 10.8 Å². The number of carbonyl (C=O) groups excluding carboxylic acids is 1. The Bertz CT molecular complexity index is 796. The number of nitro groups is 1. The molecule has 9 heteroatoms. The maximum Gasteiger partial charge on any atom is 0.293 e. The number of benzene rings is 1. The van der Waals surface area contributed by atoms with E-state index in [1.54, 1.807) is 25.1 Å². The van der Waals surface area contributed by atoms with Gasteiger partial charge < -0.3 is 19.6 Å². The van der Waals surface area contributed by atoms with Gasteiger partial charge in [0.05, 0.1) is 4.92 Å². The number of piperazine rings is 1. The molecule has 1 amide bonds. The number of hydrogen-bond donors (Lipinski definition) is 1. The third kappa shape index (κ3) is 3.77. The molecule has 132 valence electrons. The van der Waals surface area contributed by atoms with E-state index in [2.05, 4.69) is 15.4 Å². The Hall–Kier alpha value is -2.94. The van der Waals surface area contributed by atoms with Gasteiger partial charge in [-0.05, 0) is 26.1 Å². The lowest BCUT2D eigenvalue weighted by atomic mass is 10.1. The summed E-state index contributed by atoms with van der Waals surface area (Å²) >= 11 is 0. The molecule has 1 saturated heterocycles. The van der Waals surface area contributed by atoms with Crippen LogP contribution in [0.3, 0.4) is 0 Å². The molecule has 0 unspecified atom stereocenters. The summed E-state index contributed by atoms with van der Waals surface area (Å²) in [6.07, 6.45) is 0. The molecule has 0 aliphatic carbocycles. The fourth-order valence-corrected chi connectivity index (χ4v) is 2.74. The lowest BCUT2D eigenvalue weighted by molar-refractivity contribution is -0.384. The number of hydrogen-bond acceptors (Lipinski definition) is 7. The average molecular weight is 345 g/mol. The molecule has 0 saturated carbocycles. The Balaban J connectivity index is 1.83. The fourth-order valence-electron chi connectivity index (χ4n) is 2.74. The summed E-state index contributed by atoms with van der Waals surface area (Å²) < 4.78 is 4.89. The van der Waals surface area contributed by atoms with Crippen LogP contribution in [0.2, 0.25) is 0 Å². The van der Waals surface area contributed by atoms with E-state index in [0.717, 1.165) is 13.1 Å². The van der Waals surface area contributed by atoms with E-state index in [0.29, 0.717) is 24.5 Å². The van der Waals surface area contributed by atoms with Gasteiger partial charge in [-0.15, -0.1) is 0 Å². The van der Waals surface area contributed by atoms with Crippen molar-refractivity contribution in [3.05, 3.63) is 45.7 Å². The summed E-state index contributed by atoms with van der Waals surface area (Å²) in [4.78, 5) is 27.5. The lowest BCUT2D eigenvalue weighted by Gasteiger charge is -2.33. The van der Waals surface area contributed by atoms with Gasteiger partial charge in [-0.1, -0.05) is 5.16 Å². The van der Waals surface area contributed by atoms with Gasteiger partial charge in [0.15, 0.2) is 5.82 Å². The standard InChI is InChI=1S/C16H19N5O4/c1-11-9-15(18-25-11)17-16(22)12-3-4-13(14(10-12)21(23)24)20-7-5-19(2)6-8-20/h3-4,9-10H,5-8H2,1-2H3,(H,17,18,22). The molecule has 0 radical (unpaired) electrons. The molecule has 1 N–H and O–H groups in total.